The van der Waals surface area contributed by atoms with E-state index >= 15 is 0 Å². The van der Waals surface area contributed by atoms with Crippen molar-refractivity contribution in [2.45, 2.75) is 13.0 Å². The van der Waals surface area contributed by atoms with Gasteiger partial charge in [0, 0.05) is 30.4 Å². The van der Waals surface area contributed by atoms with Crippen LogP contribution in [0.5, 0.6) is 11.5 Å². The molecule has 0 spiro atoms. The lowest BCUT2D eigenvalue weighted by Gasteiger charge is -2.16. The molecule has 0 aliphatic rings. The zero-order valence-electron chi connectivity index (χ0n) is 11.7. The highest BCUT2D eigenvalue weighted by atomic mass is 16.5. The van der Waals surface area contributed by atoms with E-state index in [1.165, 1.54) is 0 Å². The first kappa shape index (κ1) is 13.4. The highest BCUT2D eigenvalue weighted by molar-refractivity contribution is 5.46. The zero-order valence-corrected chi connectivity index (χ0v) is 11.7. The second-order valence-electron chi connectivity index (χ2n) is 4.43. The fraction of sp³-hybridized carbons (Fsp3) is 0.357. The van der Waals surface area contributed by atoms with Gasteiger partial charge in [-0.05, 0) is 19.1 Å². The van der Waals surface area contributed by atoms with Crippen LogP contribution < -0.4 is 15.2 Å². The largest absolute Gasteiger partial charge is 0.497 e. The number of aromatic nitrogens is 2. The van der Waals surface area contributed by atoms with E-state index in [2.05, 4.69) is 5.10 Å². The van der Waals surface area contributed by atoms with Crippen molar-refractivity contribution in [3.8, 4) is 11.5 Å². The summed E-state index contributed by atoms with van der Waals surface area (Å²) in [5.41, 5.74) is 9.16. The first-order valence-corrected chi connectivity index (χ1v) is 6.04. The van der Waals surface area contributed by atoms with E-state index in [0.29, 0.717) is 0 Å². The third-order valence-electron chi connectivity index (χ3n) is 3.16. The van der Waals surface area contributed by atoms with Gasteiger partial charge in [0.2, 0.25) is 0 Å². The molecule has 2 rings (SSSR count). The van der Waals surface area contributed by atoms with E-state index in [0.717, 1.165) is 28.3 Å². The van der Waals surface area contributed by atoms with Gasteiger partial charge in [0.05, 0.1) is 26.0 Å². The average Bonchev–Trinajstić information content (AvgIpc) is 2.76. The molecule has 1 aromatic carbocycles. The minimum Gasteiger partial charge on any atom is -0.497 e. The number of benzene rings is 1. The normalized spacial score (nSPS) is 12.3. The summed E-state index contributed by atoms with van der Waals surface area (Å²) in [6, 6.07) is 5.37. The summed E-state index contributed by atoms with van der Waals surface area (Å²) in [6.45, 7) is 1.95. The molecule has 1 atom stereocenters. The molecule has 102 valence electrons. The van der Waals surface area contributed by atoms with Crippen LogP contribution in [0.3, 0.4) is 0 Å². The van der Waals surface area contributed by atoms with Crippen LogP contribution >= 0.6 is 0 Å². The number of aryl methyl sites for hydroxylation is 2. The monoisotopic (exact) mass is 261 g/mol. The summed E-state index contributed by atoms with van der Waals surface area (Å²) in [4.78, 5) is 0. The van der Waals surface area contributed by atoms with E-state index in [4.69, 9.17) is 15.2 Å². The summed E-state index contributed by atoms with van der Waals surface area (Å²) in [7, 11) is 5.13. The van der Waals surface area contributed by atoms with Crippen molar-refractivity contribution in [3.63, 3.8) is 0 Å². The van der Waals surface area contributed by atoms with Crippen LogP contribution in [0.2, 0.25) is 0 Å². The molecule has 19 heavy (non-hydrogen) atoms. The van der Waals surface area contributed by atoms with Gasteiger partial charge in [-0.1, -0.05) is 0 Å². The Kier molecular flexibility index (Phi) is 3.76. The molecule has 5 heteroatoms. The van der Waals surface area contributed by atoms with Crippen molar-refractivity contribution in [1.29, 1.82) is 0 Å². The molecular weight excluding hydrogens is 242 g/mol. The van der Waals surface area contributed by atoms with E-state index in [-0.39, 0.29) is 6.04 Å². The molecule has 2 N–H and O–H groups in total. The van der Waals surface area contributed by atoms with Gasteiger partial charge in [0.1, 0.15) is 11.5 Å². The summed E-state index contributed by atoms with van der Waals surface area (Å²) >= 11 is 0. The first-order chi connectivity index (χ1) is 9.06. The first-order valence-electron chi connectivity index (χ1n) is 6.04. The standard InChI is InChI=1S/C14H19N3O2/c1-9-12(8-17(2)16-9)14(15)11-6-5-10(18-3)7-13(11)19-4/h5-8,14H,15H2,1-4H3. The number of rotatable bonds is 4. The minimum absolute atomic E-state index is 0.269. The van der Waals surface area contributed by atoms with Crippen molar-refractivity contribution in [1.82, 2.24) is 9.78 Å². The Labute approximate surface area is 112 Å². The van der Waals surface area contributed by atoms with Crippen LogP contribution in [0, 0.1) is 6.92 Å². The predicted octanol–water partition coefficient (Wildman–Crippen LogP) is 1.79. The number of methoxy groups -OCH3 is 2. The number of ether oxygens (including phenoxy) is 2. The smallest absolute Gasteiger partial charge is 0.127 e. The zero-order chi connectivity index (χ0) is 14.0. The molecule has 0 aliphatic heterocycles. The molecule has 2 aromatic rings. The average molecular weight is 261 g/mol. The molecule has 0 aliphatic carbocycles. The van der Waals surface area contributed by atoms with Gasteiger partial charge in [0.15, 0.2) is 0 Å². The van der Waals surface area contributed by atoms with Gasteiger partial charge in [0.25, 0.3) is 0 Å². The Hall–Kier alpha value is -2.01. The second kappa shape index (κ2) is 5.32. The molecule has 5 nitrogen and oxygen atoms in total. The fourth-order valence-corrected chi connectivity index (χ4v) is 2.17. The van der Waals surface area contributed by atoms with Crippen molar-refractivity contribution < 1.29 is 9.47 Å². The van der Waals surface area contributed by atoms with Gasteiger partial charge < -0.3 is 15.2 Å². The quantitative estimate of drug-likeness (QED) is 0.911. The van der Waals surface area contributed by atoms with Gasteiger partial charge in [-0.3, -0.25) is 4.68 Å². The van der Waals surface area contributed by atoms with E-state index in [1.807, 2.05) is 38.4 Å². The molecule has 0 saturated carbocycles. The van der Waals surface area contributed by atoms with Crippen LogP contribution in [-0.4, -0.2) is 24.0 Å². The summed E-state index contributed by atoms with van der Waals surface area (Å²) < 4.78 is 12.3. The SMILES string of the molecule is COc1ccc(C(N)c2cn(C)nc2C)c(OC)c1. The number of hydrogen-bond donors (Lipinski definition) is 1. The maximum absolute atomic E-state index is 6.32. The van der Waals surface area contributed by atoms with Crippen LogP contribution in [0.1, 0.15) is 22.9 Å². The second-order valence-corrected chi connectivity index (χ2v) is 4.43. The van der Waals surface area contributed by atoms with Crippen molar-refractivity contribution in [2.75, 3.05) is 14.2 Å². The van der Waals surface area contributed by atoms with Gasteiger partial charge in [-0.15, -0.1) is 0 Å². The summed E-state index contributed by atoms with van der Waals surface area (Å²) in [5.74, 6) is 1.46. The van der Waals surface area contributed by atoms with Crippen molar-refractivity contribution in [3.05, 3.63) is 41.2 Å². The van der Waals surface area contributed by atoms with Gasteiger partial charge in [-0.25, -0.2) is 0 Å². The van der Waals surface area contributed by atoms with E-state index in [9.17, 15) is 0 Å². The van der Waals surface area contributed by atoms with Gasteiger partial charge >= 0.3 is 0 Å². The highest BCUT2D eigenvalue weighted by Crippen LogP contribution is 2.32. The lowest BCUT2D eigenvalue weighted by atomic mass is 9.99. The maximum atomic E-state index is 6.32. The number of nitrogens with zero attached hydrogens (tertiary/aromatic N) is 2. The van der Waals surface area contributed by atoms with E-state index in [1.54, 1.807) is 18.9 Å². The Morgan fingerprint density at radius 2 is 1.95 bits per heavy atom. The molecule has 0 radical (unpaired) electrons. The summed E-state index contributed by atoms with van der Waals surface area (Å²) in [5, 5.41) is 4.32. The summed E-state index contributed by atoms with van der Waals surface area (Å²) in [6.07, 6.45) is 1.93. The Balaban J connectivity index is 2.43. The van der Waals surface area contributed by atoms with E-state index < -0.39 is 0 Å². The van der Waals surface area contributed by atoms with Gasteiger partial charge in [-0.2, -0.15) is 5.10 Å². The molecule has 0 bridgehead atoms. The number of hydrogen-bond acceptors (Lipinski definition) is 4. The lowest BCUT2D eigenvalue weighted by Crippen LogP contribution is -2.13. The van der Waals surface area contributed by atoms with Crippen molar-refractivity contribution >= 4 is 0 Å². The van der Waals surface area contributed by atoms with Crippen LogP contribution in [0.4, 0.5) is 0 Å². The fourth-order valence-electron chi connectivity index (χ4n) is 2.17. The topological polar surface area (TPSA) is 62.3 Å². The van der Waals surface area contributed by atoms with Crippen LogP contribution in [0.15, 0.2) is 24.4 Å². The molecule has 0 fully saturated rings. The predicted molar refractivity (Wildman–Crippen MR) is 73.5 cm³/mol. The van der Waals surface area contributed by atoms with Crippen molar-refractivity contribution in [2.24, 2.45) is 12.8 Å². The molecule has 0 amide bonds. The molecule has 1 heterocycles. The minimum atomic E-state index is -0.269. The molecular formula is C14H19N3O2. The third kappa shape index (κ3) is 2.56. The molecule has 1 aromatic heterocycles. The Bertz CT molecular complexity index is 578. The number of nitrogens with two attached hydrogens (primary N) is 1. The molecule has 0 saturated heterocycles. The Morgan fingerprint density at radius 3 is 2.47 bits per heavy atom. The lowest BCUT2D eigenvalue weighted by molar-refractivity contribution is 0.390. The molecule has 1 unspecified atom stereocenters. The maximum Gasteiger partial charge on any atom is 0.127 e. The third-order valence-corrected chi connectivity index (χ3v) is 3.16. The van der Waals surface area contributed by atoms with Crippen LogP contribution in [-0.2, 0) is 7.05 Å². The Morgan fingerprint density at radius 1 is 1.21 bits per heavy atom. The van der Waals surface area contributed by atoms with Crippen LogP contribution in [0.25, 0.3) is 0 Å². The highest BCUT2D eigenvalue weighted by Gasteiger charge is 2.18.